The van der Waals surface area contributed by atoms with E-state index < -0.39 is 5.92 Å². The molecule has 0 saturated heterocycles. The number of rotatable bonds is 5. The normalized spacial score (nSPS) is 12.8. The maximum absolute atomic E-state index is 11.7. The number of hydrogen-bond acceptors (Lipinski definition) is 2. The molecule has 1 unspecified atom stereocenters. The summed E-state index contributed by atoms with van der Waals surface area (Å²) in [6.07, 6.45) is 2.41. The number of H-pyrrole nitrogens is 1. The lowest BCUT2D eigenvalue weighted by Crippen LogP contribution is -2.39. The number of nitrogens with zero attached hydrogens (tertiary/aromatic N) is 1. The zero-order chi connectivity index (χ0) is 12.9. The quantitative estimate of drug-likeness (QED) is 0.816. The van der Waals surface area contributed by atoms with Crippen LogP contribution < -0.4 is 5.32 Å². The zero-order valence-corrected chi connectivity index (χ0v) is 10.6. The van der Waals surface area contributed by atoms with E-state index in [1.165, 1.54) is 0 Å². The lowest BCUT2D eigenvalue weighted by molar-refractivity contribution is -0.123. The van der Waals surface area contributed by atoms with E-state index in [4.69, 9.17) is 5.26 Å². The summed E-state index contributed by atoms with van der Waals surface area (Å²) >= 11 is 0. The smallest absolute Gasteiger partial charge is 0.237 e. The van der Waals surface area contributed by atoms with Gasteiger partial charge in [0.05, 0.1) is 6.07 Å². The fraction of sp³-hybridized carbons (Fsp3) is 0.538. The van der Waals surface area contributed by atoms with Crippen LogP contribution in [-0.2, 0) is 10.2 Å². The second kappa shape index (κ2) is 5.53. The van der Waals surface area contributed by atoms with Crippen molar-refractivity contribution in [3.8, 4) is 6.07 Å². The Balaban J connectivity index is 2.57. The van der Waals surface area contributed by atoms with Gasteiger partial charge in [0.15, 0.2) is 0 Å². The van der Waals surface area contributed by atoms with Crippen LogP contribution >= 0.6 is 0 Å². The maximum atomic E-state index is 11.7. The minimum absolute atomic E-state index is 0.160. The molecule has 92 valence electrons. The molecule has 0 aliphatic rings. The molecule has 0 bridgehead atoms. The fourth-order valence-electron chi connectivity index (χ4n) is 1.61. The molecule has 0 aromatic carbocycles. The molecule has 2 N–H and O–H groups in total. The zero-order valence-electron chi connectivity index (χ0n) is 10.6. The standard InChI is InChI=1S/C13H19N3O/c1-4-10(8-14)12(17)16-9-13(2,3)11-6-5-7-15-11/h5-7,10,15H,4,9H2,1-3H3,(H,16,17). The van der Waals surface area contributed by atoms with Gasteiger partial charge in [0, 0.05) is 23.9 Å². The number of nitrogens with one attached hydrogen (secondary N) is 2. The minimum atomic E-state index is -0.547. The van der Waals surface area contributed by atoms with E-state index in [0.29, 0.717) is 13.0 Å². The highest BCUT2D eigenvalue weighted by atomic mass is 16.1. The Kier molecular flexibility index (Phi) is 4.33. The number of aromatic amines is 1. The van der Waals surface area contributed by atoms with Crippen LogP contribution in [-0.4, -0.2) is 17.4 Å². The van der Waals surface area contributed by atoms with Gasteiger partial charge in [-0.05, 0) is 18.6 Å². The Morgan fingerprint density at radius 2 is 2.35 bits per heavy atom. The number of hydrogen-bond donors (Lipinski definition) is 2. The van der Waals surface area contributed by atoms with E-state index >= 15 is 0 Å². The van der Waals surface area contributed by atoms with Gasteiger partial charge in [-0.15, -0.1) is 0 Å². The van der Waals surface area contributed by atoms with Crippen LogP contribution in [0.15, 0.2) is 18.3 Å². The Morgan fingerprint density at radius 3 is 2.82 bits per heavy atom. The summed E-state index contributed by atoms with van der Waals surface area (Å²) in [5.41, 5.74) is 0.912. The van der Waals surface area contributed by atoms with Crippen LogP contribution in [0.3, 0.4) is 0 Å². The number of nitriles is 1. The summed E-state index contributed by atoms with van der Waals surface area (Å²) < 4.78 is 0. The first-order chi connectivity index (χ1) is 8.01. The van der Waals surface area contributed by atoms with Crippen molar-refractivity contribution >= 4 is 5.91 Å². The first-order valence-corrected chi connectivity index (χ1v) is 5.82. The Labute approximate surface area is 102 Å². The van der Waals surface area contributed by atoms with Crippen LogP contribution in [0.25, 0.3) is 0 Å². The van der Waals surface area contributed by atoms with Gasteiger partial charge in [0.25, 0.3) is 0 Å². The molecular formula is C13H19N3O. The molecule has 0 saturated carbocycles. The number of carbonyl (C=O) groups is 1. The Hall–Kier alpha value is -1.76. The van der Waals surface area contributed by atoms with Crippen molar-refractivity contribution in [3.05, 3.63) is 24.0 Å². The molecule has 1 amide bonds. The van der Waals surface area contributed by atoms with Crippen molar-refractivity contribution in [3.63, 3.8) is 0 Å². The van der Waals surface area contributed by atoms with Crippen molar-refractivity contribution in [2.75, 3.05) is 6.54 Å². The molecule has 0 aliphatic heterocycles. The third-order valence-electron chi connectivity index (χ3n) is 2.91. The third-order valence-corrected chi connectivity index (χ3v) is 2.91. The summed E-state index contributed by atoms with van der Waals surface area (Å²) in [6.45, 7) is 6.45. The molecule has 4 heteroatoms. The maximum Gasteiger partial charge on any atom is 0.237 e. The van der Waals surface area contributed by atoms with Gasteiger partial charge in [-0.25, -0.2) is 0 Å². The second-order valence-electron chi connectivity index (χ2n) is 4.78. The predicted octanol–water partition coefficient (Wildman–Crippen LogP) is 1.96. The van der Waals surface area contributed by atoms with Crippen LogP contribution in [0.1, 0.15) is 32.9 Å². The Bertz CT molecular complexity index is 401. The van der Waals surface area contributed by atoms with E-state index in [1.54, 1.807) is 0 Å². The molecule has 1 aromatic rings. The number of carbonyl (C=O) groups excluding carboxylic acids is 1. The largest absolute Gasteiger partial charge is 0.364 e. The highest BCUT2D eigenvalue weighted by Gasteiger charge is 2.24. The highest BCUT2D eigenvalue weighted by Crippen LogP contribution is 2.20. The van der Waals surface area contributed by atoms with Crippen molar-refractivity contribution in [2.45, 2.75) is 32.6 Å². The molecule has 1 heterocycles. The van der Waals surface area contributed by atoms with Gasteiger partial charge in [0.2, 0.25) is 5.91 Å². The summed E-state index contributed by atoms with van der Waals surface area (Å²) in [4.78, 5) is 14.8. The summed E-state index contributed by atoms with van der Waals surface area (Å²) in [6, 6.07) is 5.93. The molecule has 0 radical (unpaired) electrons. The monoisotopic (exact) mass is 233 g/mol. The molecule has 4 nitrogen and oxygen atoms in total. The first-order valence-electron chi connectivity index (χ1n) is 5.82. The predicted molar refractivity (Wildman–Crippen MR) is 66.2 cm³/mol. The summed E-state index contributed by atoms with van der Waals surface area (Å²) in [5.74, 6) is -0.732. The molecule has 0 spiro atoms. The molecule has 0 aliphatic carbocycles. The molecule has 0 fully saturated rings. The summed E-state index contributed by atoms with van der Waals surface area (Å²) in [7, 11) is 0. The van der Waals surface area contributed by atoms with E-state index in [0.717, 1.165) is 5.69 Å². The fourth-order valence-corrected chi connectivity index (χ4v) is 1.61. The third kappa shape index (κ3) is 3.35. The van der Waals surface area contributed by atoms with E-state index in [-0.39, 0.29) is 11.3 Å². The molecular weight excluding hydrogens is 214 g/mol. The lowest BCUT2D eigenvalue weighted by atomic mass is 9.89. The first kappa shape index (κ1) is 13.3. The minimum Gasteiger partial charge on any atom is -0.364 e. The van der Waals surface area contributed by atoms with E-state index in [9.17, 15) is 4.79 Å². The second-order valence-corrected chi connectivity index (χ2v) is 4.78. The molecule has 1 atom stereocenters. The van der Waals surface area contributed by atoms with E-state index in [1.807, 2.05) is 45.2 Å². The average Bonchev–Trinajstić information content (AvgIpc) is 2.82. The van der Waals surface area contributed by atoms with Gasteiger partial charge in [0.1, 0.15) is 5.92 Å². The SMILES string of the molecule is CCC(C#N)C(=O)NCC(C)(C)c1ccc[nH]1. The molecule has 17 heavy (non-hydrogen) atoms. The van der Waals surface area contributed by atoms with Crippen molar-refractivity contribution < 1.29 is 4.79 Å². The van der Waals surface area contributed by atoms with Crippen LogP contribution in [0.2, 0.25) is 0 Å². The van der Waals surface area contributed by atoms with Gasteiger partial charge in [-0.2, -0.15) is 5.26 Å². The van der Waals surface area contributed by atoms with Gasteiger partial charge >= 0.3 is 0 Å². The molecule has 1 aromatic heterocycles. The topological polar surface area (TPSA) is 68.7 Å². The van der Waals surface area contributed by atoms with Gasteiger partial charge < -0.3 is 10.3 Å². The Morgan fingerprint density at radius 1 is 1.65 bits per heavy atom. The molecule has 1 rings (SSSR count). The van der Waals surface area contributed by atoms with E-state index in [2.05, 4.69) is 10.3 Å². The van der Waals surface area contributed by atoms with Crippen LogP contribution in [0.4, 0.5) is 0 Å². The highest BCUT2D eigenvalue weighted by molar-refractivity contribution is 5.81. The average molecular weight is 233 g/mol. The number of amides is 1. The van der Waals surface area contributed by atoms with Crippen LogP contribution in [0, 0.1) is 17.2 Å². The lowest BCUT2D eigenvalue weighted by Gasteiger charge is -2.24. The van der Waals surface area contributed by atoms with Crippen molar-refractivity contribution in [1.29, 1.82) is 5.26 Å². The van der Waals surface area contributed by atoms with Crippen LogP contribution in [0.5, 0.6) is 0 Å². The summed E-state index contributed by atoms with van der Waals surface area (Å²) in [5, 5.41) is 11.6. The van der Waals surface area contributed by atoms with Gasteiger partial charge in [-0.3, -0.25) is 4.79 Å². The van der Waals surface area contributed by atoms with Gasteiger partial charge in [-0.1, -0.05) is 20.8 Å². The van der Waals surface area contributed by atoms with Crippen molar-refractivity contribution in [1.82, 2.24) is 10.3 Å². The number of aromatic nitrogens is 1. The van der Waals surface area contributed by atoms with Crippen molar-refractivity contribution in [2.24, 2.45) is 5.92 Å².